The number of ether oxygens (including phenoxy) is 1. The van der Waals surface area contributed by atoms with E-state index in [9.17, 15) is 9.90 Å². The molecule has 1 fully saturated rings. The highest BCUT2D eigenvalue weighted by Gasteiger charge is 2.24. The molecule has 1 rings (SSSR count). The van der Waals surface area contributed by atoms with Gasteiger partial charge in [0.05, 0.1) is 24.7 Å². The summed E-state index contributed by atoms with van der Waals surface area (Å²) >= 11 is 0. The average Bonchev–Trinajstić information content (AvgIpc) is 2.30. The molecule has 1 atom stereocenters. The van der Waals surface area contributed by atoms with Crippen molar-refractivity contribution in [3.63, 3.8) is 0 Å². The van der Waals surface area contributed by atoms with Crippen molar-refractivity contribution in [3.8, 4) is 0 Å². The van der Waals surface area contributed by atoms with Gasteiger partial charge in [-0.3, -0.25) is 4.79 Å². The zero-order valence-corrected chi connectivity index (χ0v) is 12.7. The van der Waals surface area contributed by atoms with Gasteiger partial charge >= 0.3 is 0 Å². The lowest BCUT2D eigenvalue weighted by Gasteiger charge is -2.30. The topological polar surface area (TPSA) is 58.6 Å². The van der Waals surface area contributed by atoms with Gasteiger partial charge < -0.3 is 15.2 Å². The second-order valence-corrected chi connectivity index (χ2v) is 6.24. The van der Waals surface area contributed by atoms with Crippen LogP contribution >= 0.6 is 0 Å². The summed E-state index contributed by atoms with van der Waals surface area (Å²) in [6.45, 7) is 7.96. The molecule has 19 heavy (non-hydrogen) atoms. The Morgan fingerprint density at radius 3 is 2.26 bits per heavy atom. The van der Waals surface area contributed by atoms with Crippen molar-refractivity contribution in [2.75, 3.05) is 0 Å². The van der Waals surface area contributed by atoms with Crippen LogP contribution in [0.25, 0.3) is 0 Å². The minimum atomic E-state index is -0.541. The molecule has 0 radical (unpaired) electrons. The van der Waals surface area contributed by atoms with Gasteiger partial charge in [0, 0.05) is 6.04 Å². The maximum absolute atomic E-state index is 11.8. The van der Waals surface area contributed by atoms with E-state index >= 15 is 0 Å². The Balaban J connectivity index is 2.23. The average molecular weight is 271 g/mol. The summed E-state index contributed by atoms with van der Waals surface area (Å²) in [5, 5.41) is 12.7. The van der Waals surface area contributed by atoms with Gasteiger partial charge in [0.25, 0.3) is 0 Å². The van der Waals surface area contributed by atoms with Crippen molar-refractivity contribution in [2.24, 2.45) is 5.92 Å². The molecular weight excluding hydrogens is 242 g/mol. The maximum Gasteiger partial charge on any atom is 0.222 e. The molecule has 0 unspecified atom stereocenters. The smallest absolute Gasteiger partial charge is 0.222 e. The van der Waals surface area contributed by atoms with E-state index in [0.29, 0.717) is 6.10 Å². The van der Waals surface area contributed by atoms with Crippen LogP contribution in [0.2, 0.25) is 0 Å². The Kier molecular flexibility index (Phi) is 6.80. The number of hydrogen-bond acceptors (Lipinski definition) is 3. The number of aliphatic hydroxyl groups is 1. The molecule has 0 aliphatic heterocycles. The fourth-order valence-electron chi connectivity index (χ4n) is 2.44. The van der Waals surface area contributed by atoms with Crippen LogP contribution in [0.1, 0.15) is 59.8 Å². The lowest BCUT2D eigenvalue weighted by molar-refractivity contribution is -0.124. The highest BCUT2D eigenvalue weighted by Crippen LogP contribution is 2.22. The molecule has 0 aromatic rings. The minimum Gasteiger partial charge on any atom is -0.392 e. The summed E-state index contributed by atoms with van der Waals surface area (Å²) in [7, 11) is 0. The molecule has 0 aromatic heterocycles. The predicted octanol–water partition coefficient (Wildman–Crippen LogP) is 2.25. The van der Waals surface area contributed by atoms with Crippen molar-refractivity contribution < 1.29 is 14.6 Å². The standard InChI is InChI=1S/C15H29NO3/c1-10(2)14(17)9-15(18)16-12-5-7-13(8-6-12)19-11(3)4/h10-14,17H,5-9H2,1-4H3,(H,16,18)/t12?,13?,14-/m0/s1. The van der Waals surface area contributed by atoms with Crippen molar-refractivity contribution in [3.05, 3.63) is 0 Å². The van der Waals surface area contributed by atoms with Gasteiger partial charge in [0.15, 0.2) is 0 Å². The van der Waals surface area contributed by atoms with Gasteiger partial charge in [-0.1, -0.05) is 13.8 Å². The number of hydrogen-bond donors (Lipinski definition) is 2. The summed E-state index contributed by atoms with van der Waals surface area (Å²) < 4.78 is 5.79. The second-order valence-electron chi connectivity index (χ2n) is 6.24. The van der Waals surface area contributed by atoms with E-state index in [1.165, 1.54) is 0 Å². The first kappa shape index (κ1) is 16.4. The molecule has 4 nitrogen and oxygen atoms in total. The molecule has 112 valence electrons. The Labute approximate surface area is 116 Å². The summed E-state index contributed by atoms with van der Waals surface area (Å²) in [5.41, 5.74) is 0. The van der Waals surface area contributed by atoms with E-state index in [0.717, 1.165) is 25.7 Å². The monoisotopic (exact) mass is 271 g/mol. The lowest BCUT2D eigenvalue weighted by Crippen LogP contribution is -2.41. The minimum absolute atomic E-state index is 0.0329. The number of carbonyl (C=O) groups is 1. The zero-order chi connectivity index (χ0) is 14.4. The molecule has 2 N–H and O–H groups in total. The molecule has 0 spiro atoms. The van der Waals surface area contributed by atoms with Crippen molar-refractivity contribution >= 4 is 5.91 Å². The third kappa shape index (κ3) is 6.39. The van der Waals surface area contributed by atoms with Gasteiger partial charge in [0.2, 0.25) is 5.91 Å². The van der Waals surface area contributed by atoms with Gasteiger partial charge in [0.1, 0.15) is 0 Å². The quantitative estimate of drug-likeness (QED) is 0.779. The maximum atomic E-state index is 11.8. The van der Waals surface area contributed by atoms with E-state index < -0.39 is 6.10 Å². The zero-order valence-electron chi connectivity index (χ0n) is 12.7. The van der Waals surface area contributed by atoms with Gasteiger partial charge in [-0.05, 0) is 45.4 Å². The third-order valence-electron chi connectivity index (χ3n) is 3.67. The van der Waals surface area contributed by atoms with Crippen LogP contribution in [-0.2, 0) is 9.53 Å². The highest BCUT2D eigenvalue weighted by molar-refractivity contribution is 5.76. The van der Waals surface area contributed by atoms with E-state index in [1.54, 1.807) is 0 Å². The number of carbonyl (C=O) groups excluding carboxylic acids is 1. The van der Waals surface area contributed by atoms with Gasteiger partial charge in [-0.15, -0.1) is 0 Å². The fourth-order valence-corrected chi connectivity index (χ4v) is 2.44. The van der Waals surface area contributed by atoms with E-state index in [2.05, 4.69) is 19.2 Å². The van der Waals surface area contributed by atoms with Crippen LogP contribution in [0, 0.1) is 5.92 Å². The largest absolute Gasteiger partial charge is 0.392 e. The third-order valence-corrected chi connectivity index (χ3v) is 3.67. The normalized spacial score (nSPS) is 25.6. The molecule has 1 aliphatic rings. The Hall–Kier alpha value is -0.610. The summed E-state index contributed by atoms with van der Waals surface area (Å²) in [6.07, 6.45) is 4.25. The molecule has 0 aromatic carbocycles. The highest BCUT2D eigenvalue weighted by atomic mass is 16.5. The SMILES string of the molecule is CC(C)OC1CCC(NC(=O)C[C@H](O)C(C)C)CC1. The van der Waals surface area contributed by atoms with E-state index in [4.69, 9.17) is 4.74 Å². The second kappa shape index (κ2) is 7.85. The van der Waals surface area contributed by atoms with Crippen LogP contribution < -0.4 is 5.32 Å². The molecule has 1 saturated carbocycles. The van der Waals surface area contributed by atoms with Crippen LogP contribution in [0.5, 0.6) is 0 Å². The van der Waals surface area contributed by atoms with Crippen molar-refractivity contribution in [1.82, 2.24) is 5.32 Å². The first-order valence-electron chi connectivity index (χ1n) is 7.51. The number of rotatable bonds is 6. The molecule has 0 bridgehead atoms. The Morgan fingerprint density at radius 1 is 1.21 bits per heavy atom. The van der Waals surface area contributed by atoms with Crippen LogP contribution in [0.4, 0.5) is 0 Å². The number of nitrogens with one attached hydrogen (secondary N) is 1. The summed E-state index contributed by atoms with van der Waals surface area (Å²) in [4.78, 5) is 11.8. The van der Waals surface area contributed by atoms with Crippen molar-refractivity contribution in [2.45, 2.75) is 84.2 Å². The number of aliphatic hydroxyl groups excluding tert-OH is 1. The molecule has 0 saturated heterocycles. The molecule has 1 aliphatic carbocycles. The predicted molar refractivity (Wildman–Crippen MR) is 75.9 cm³/mol. The fraction of sp³-hybridized carbons (Fsp3) is 0.933. The first-order valence-corrected chi connectivity index (χ1v) is 7.51. The first-order chi connectivity index (χ1) is 8.88. The molecule has 1 amide bonds. The summed E-state index contributed by atoms with van der Waals surface area (Å²) in [6, 6.07) is 0.249. The molecule has 4 heteroatoms. The van der Waals surface area contributed by atoms with E-state index in [-0.39, 0.29) is 30.4 Å². The van der Waals surface area contributed by atoms with Gasteiger partial charge in [-0.25, -0.2) is 0 Å². The van der Waals surface area contributed by atoms with Gasteiger partial charge in [-0.2, -0.15) is 0 Å². The van der Waals surface area contributed by atoms with Crippen LogP contribution in [0.15, 0.2) is 0 Å². The summed E-state index contributed by atoms with van der Waals surface area (Å²) in [5.74, 6) is 0.0929. The van der Waals surface area contributed by atoms with Crippen molar-refractivity contribution in [1.29, 1.82) is 0 Å². The Bertz CT molecular complexity index is 271. The van der Waals surface area contributed by atoms with Crippen LogP contribution in [-0.4, -0.2) is 35.4 Å². The molecule has 0 heterocycles. The Morgan fingerprint density at radius 2 is 1.79 bits per heavy atom. The van der Waals surface area contributed by atoms with E-state index in [1.807, 2.05) is 13.8 Å². The lowest BCUT2D eigenvalue weighted by atomic mass is 9.92. The molecular formula is C15H29NO3. The van der Waals surface area contributed by atoms with Crippen LogP contribution in [0.3, 0.4) is 0 Å². The number of amides is 1.